The predicted octanol–water partition coefficient (Wildman–Crippen LogP) is 1.69. The summed E-state index contributed by atoms with van der Waals surface area (Å²) in [5.41, 5.74) is 20.9. The first-order valence-electron chi connectivity index (χ1n) is 23.6. The monoisotopic (exact) mass is 955 g/mol. The number of rotatable bonds is 18. The summed E-state index contributed by atoms with van der Waals surface area (Å²) in [4.78, 5) is 83.5. The molecule has 2 aliphatic rings. The SMILES string of the molecule is Cc1nc(N2CCC(OCCC(C)(C)C)CC2)nc(C)c1C(=O)NC(CCN)C(=O)N(C)C1C(=O)NC(C)C(=O)NC(C(=O)NCC#N)Cc2ccc(OCCN)c(c2)-c2cc1ccc2OCCN. The van der Waals surface area contributed by atoms with E-state index in [1.54, 1.807) is 50.2 Å². The largest absolute Gasteiger partial charge is 0.492 e. The van der Waals surface area contributed by atoms with Gasteiger partial charge < -0.3 is 62.5 Å². The van der Waals surface area contributed by atoms with Gasteiger partial charge in [0.25, 0.3) is 5.91 Å². The molecular formula is C49H70N12O8. The molecule has 0 aliphatic carbocycles. The van der Waals surface area contributed by atoms with Gasteiger partial charge in [-0.05, 0) is 93.8 Å². The summed E-state index contributed by atoms with van der Waals surface area (Å²) in [5.74, 6) is -2.03. The molecule has 2 aliphatic heterocycles. The Balaban J connectivity index is 1.49. The number of aryl methyl sites for hydroxylation is 2. The number of ether oxygens (including phenoxy) is 3. The minimum absolute atomic E-state index is 0.00276. The summed E-state index contributed by atoms with van der Waals surface area (Å²) in [6.45, 7) is 14.0. The molecule has 5 amide bonds. The molecule has 69 heavy (non-hydrogen) atoms. The zero-order chi connectivity index (χ0) is 50.4. The van der Waals surface area contributed by atoms with Crippen molar-refractivity contribution in [2.24, 2.45) is 22.6 Å². The van der Waals surface area contributed by atoms with Gasteiger partial charge in [0.2, 0.25) is 29.6 Å². The lowest BCUT2D eigenvalue weighted by atomic mass is 9.93. The van der Waals surface area contributed by atoms with Gasteiger partial charge in [0.05, 0.1) is 29.1 Å². The van der Waals surface area contributed by atoms with Crippen LogP contribution in [0.25, 0.3) is 11.1 Å². The Hall–Kier alpha value is -6.40. The molecule has 0 radical (unpaired) electrons. The van der Waals surface area contributed by atoms with Crippen LogP contribution < -0.4 is 52.8 Å². The second-order valence-electron chi connectivity index (χ2n) is 18.6. The van der Waals surface area contributed by atoms with Gasteiger partial charge in [-0.2, -0.15) is 5.26 Å². The fourth-order valence-corrected chi connectivity index (χ4v) is 8.28. The number of amides is 5. The van der Waals surface area contributed by atoms with Crippen molar-refractivity contribution in [1.29, 1.82) is 5.26 Å². The number of benzene rings is 2. The number of hydrogen-bond donors (Lipinski definition) is 7. The van der Waals surface area contributed by atoms with E-state index in [1.165, 1.54) is 18.9 Å². The van der Waals surface area contributed by atoms with Crippen LogP contribution in [0.4, 0.5) is 5.95 Å². The van der Waals surface area contributed by atoms with Crippen molar-refractivity contribution in [3.8, 4) is 28.7 Å². The van der Waals surface area contributed by atoms with Crippen molar-refractivity contribution in [2.45, 2.75) is 104 Å². The van der Waals surface area contributed by atoms with Crippen LogP contribution in [0, 0.1) is 30.6 Å². The van der Waals surface area contributed by atoms with E-state index in [2.05, 4.69) is 46.9 Å². The van der Waals surface area contributed by atoms with Crippen LogP contribution in [0.1, 0.15) is 92.3 Å². The quantitative estimate of drug-likeness (QED) is 0.0893. The van der Waals surface area contributed by atoms with Gasteiger partial charge in [0.1, 0.15) is 55.4 Å². The summed E-state index contributed by atoms with van der Waals surface area (Å²) in [5, 5.41) is 20.0. The highest BCUT2D eigenvalue weighted by molar-refractivity contribution is 6.00. The molecule has 1 aromatic heterocycles. The molecule has 10 N–H and O–H groups in total. The summed E-state index contributed by atoms with van der Waals surface area (Å²) < 4.78 is 18.4. The lowest BCUT2D eigenvalue weighted by Gasteiger charge is -2.33. The molecule has 3 heterocycles. The molecule has 4 bridgehead atoms. The topological polar surface area (TPSA) is 295 Å². The predicted molar refractivity (Wildman–Crippen MR) is 260 cm³/mol. The van der Waals surface area contributed by atoms with E-state index in [0.717, 1.165) is 19.3 Å². The number of piperidine rings is 1. The fourth-order valence-electron chi connectivity index (χ4n) is 8.28. The minimum Gasteiger partial charge on any atom is -0.492 e. The Morgan fingerprint density at radius 2 is 1.54 bits per heavy atom. The van der Waals surface area contributed by atoms with Gasteiger partial charge in [0, 0.05) is 57.4 Å². The van der Waals surface area contributed by atoms with Crippen molar-refractivity contribution in [3.63, 3.8) is 0 Å². The van der Waals surface area contributed by atoms with E-state index in [9.17, 15) is 29.2 Å². The van der Waals surface area contributed by atoms with Gasteiger partial charge in [0.15, 0.2) is 0 Å². The van der Waals surface area contributed by atoms with E-state index in [4.69, 9.17) is 41.4 Å². The summed E-state index contributed by atoms with van der Waals surface area (Å²) >= 11 is 0. The normalized spacial score (nSPS) is 18.2. The van der Waals surface area contributed by atoms with Gasteiger partial charge in [-0.15, -0.1) is 0 Å². The molecule has 2 aromatic carbocycles. The number of aromatic nitrogens is 2. The average molecular weight is 955 g/mol. The lowest BCUT2D eigenvalue weighted by molar-refractivity contribution is -0.141. The third-order valence-electron chi connectivity index (χ3n) is 12.0. The Kier molecular flexibility index (Phi) is 19.2. The molecule has 1 fully saturated rings. The van der Waals surface area contributed by atoms with Gasteiger partial charge in [-0.25, -0.2) is 9.97 Å². The molecule has 3 aromatic rings. The molecule has 20 nitrogen and oxygen atoms in total. The van der Waals surface area contributed by atoms with Crippen molar-refractivity contribution in [3.05, 3.63) is 64.5 Å². The lowest BCUT2D eigenvalue weighted by Crippen LogP contribution is -2.56. The molecule has 4 unspecified atom stereocenters. The molecule has 5 rings (SSSR count). The van der Waals surface area contributed by atoms with E-state index in [0.29, 0.717) is 70.8 Å². The van der Waals surface area contributed by atoms with Crippen LogP contribution in [0.15, 0.2) is 36.4 Å². The van der Waals surface area contributed by atoms with Crippen LogP contribution in [-0.2, 0) is 30.3 Å². The maximum atomic E-state index is 14.8. The second kappa shape index (κ2) is 24.8. The number of nitrogens with zero attached hydrogens (tertiary/aromatic N) is 5. The highest BCUT2D eigenvalue weighted by atomic mass is 16.5. The van der Waals surface area contributed by atoms with Crippen LogP contribution in [-0.4, -0.2) is 135 Å². The second-order valence-corrected chi connectivity index (χ2v) is 18.6. The number of nitrogens with two attached hydrogens (primary N) is 3. The summed E-state index contributed by atoms with van der Waals surface area (Å²) in [7, 11) is 1.42. The highest BCUT2D eigenvalue weighted by Crippen LogP contribution is 2.40. The first-order valence-corrected chi connectivity index (χ1v) is 23.6. The number of carbonyl (C=O) groups excluding carboxylic acids is 5. The third-order valence-corrected chi connectivity index (χ3v) is 12.0. The molecule has 0 spiro atoms. The molecule has 0 saturated carbocycles. The van der Waals surface area contributed by atoms with Gasteiger partial charge in [-0.1, -0.05) is 32.9 Å². The van der Waals surface area contributed by atoms with Crippen LogP contribution in [0.3, 0.4) is 0 Å². The van der Waals surface area contributed by atoms with Crippen molar-refractivity contribution < 1.29 is 38.2 Å². The summed E-state index contributed by atoms with van der Waals surface area (Å²) in [6, 6.07) is 7.07. The number of anilines is 1. The van der Waals surface area contributed by atoms with E-state index in [1.807, 2.05) is 6.07 Å². The van der Waals surface area contributed by atoms with Gasteiger partial charge in [-0.3, -0.25) is 24.0 Å². The molecule has 374 valence electrons. The van der Waals surface area contributed by atoms with Crippen LogP contribution >= 0.6 is 0 Å². The first-order chi connectivity index (χ1) is 32.9. The zero-order valence-corrected chi connectivity index (χ0v) is 41.0. The number of fused-ring (bicyclic) bond motifs is 5. The standard InChI is InChI=1S/C49H70N12O8/c1-29-41(30(2)57-48(56-29)61-21-13-34(14-22-61)67-23-15-49(4,5)6)45(64)58-37(12-16-50)47(66)60(7)42-33-9-11-40(69-25-19-53)36(28-33)35-26-32(8-10-39(35)68-24-18-52)27-38(44(63)54-20-17-51)59-43(62)31(3)55-46(42)65/h8-11,26,28,31,34,37-38,42H,12-16,18-25,27,50,52-53H2,1-7H3,(H,54,63)(H,55,65)(H,58,64)(H,59,62). The van der Waals surface area contributed by atoms with E-state index >= 15 is 0 Å². The van der Waals surface area contributed by atoms with Crippen LogP contribution in [0.2, 0.25) is 0 Å². The Labute approximate surface area is 404 Å². The number of nitrogens with one attached hydrogen (secondary N) is 4. The van der Waals surface area contributed by atoms with Crippen molar-refractivity contribution in [1.82, 2.24) is 36.1 Å². The molecule has 1 saturated heterocycles. The summed E-state index contributed by atoms with van der Waals surface area (Å²) in [6.07, 6.45) is 2.78. The number of hydrogen-bond acceptors (Lipinski definition) is 15. The third kappa shape index (κ3) is 14.3. The molecule has 20 heteroatoms. The number of carbonyl (C=O) groups is 5. The highest BCUT2D eigenvalue weighted by Gasteiger charge is 2.37. The minimum atomic E-state index is -1.40. The fraction of sp³-hybridized carbons (Fsp3) is 0.551. The van der Waals surface area contributed by atoms with Gasteiger partial charge >= 0.3 is 0 Å². The maximum Gasteiger partial charge on any atom is 0.255 e. The van der Waals surface area contributed by atoms with Crippen LogP contribution in [0.5, 0.6) is 11.5 Å². The van der Waals surface area contributed by atoms with E-state index < -0.39 is 53.7 Å². The zero-order valence-electron chi connectivity index (χ0n) is 41.0. The number of nitriles is 1. The number of likely N-dealkylation sites (N-methyl/N-ethyl adjacent to an activating group) is 1. The Morgan fingerprint density at radius 1 is 0.913 bits per heavy atom. The van der Waals surface area contributed by atoms with Crippen molar-refractivity contribution in [2.75, 3.05) is 71.0 Å². The molecule has 4 atom stereocenters. The smallest absolute Gasteiger partial charge is 0.255 e. The van der Waals surface area contributed by atoms with Crippen molar-refractivity contribution >= 4 is 35.5 Å². The maximum absolute atomic E-state index is 14.8. The molecular weight excluding hydrogens is 885 g/mol. The van der Waals surface area contributed by atoms with E-state index in [-0.39, 0.29) is 69.3 Å². The Morgan fingerprint density at radius 3 is 2.13 bits per heavy atom. The first kappa shape index (κ1) is 53.6. The average Bonchev–Trinajstić information content (AvgIpc) is 3.30. The Bertz CT molecular complexity index is 2320.